The maximum Gasteiger partial charge on any atom is 0.252 e. The van der Waals surface area contributed by atoms with Crippen LogP contribution in [0, 0.1) is 0 Å². The number of hydrogen-bond acceptors (Lipinski definition) is 5. The summed E-state index contributed by atoms with van der Waals surface area (Å²) in [4.78, 5) is 16.3. The van der Waals surface area contributed by atoms with Crippen molar-refractivity contribution in [2.45, 2.75) is 38.9 Å². The summed E-state index contributed by atoms with van der Waals surface area (Å²) in [6.07, 6.45) is 3.74. The number of fused-ring (bicyclic) bond motifs is 1. The zero-order valence-electron chi connectivity index (χ0n) is 14.8. The predicted octanol–water partition coefficient (Wildman–Crippen LogP) is 3.44. The van der Waals surface area contributed by atoms with Crippen molar-refractivity contribution in [1.82, 2.24) is 10.3 Å². The van der Waals surface area contributed by atoms with Crippen molar-refractivity contribution in [2.75, 3.05) is 13.1 Å². The lowest BCUT2D eigenvalue weighted by molar-refractivity contribution is 0.0994. The van der Waals surface area contributed by atoms with Gasteiger partial charge in [-0.3, -0.25) is 4.79 Å². The van der Waals surface area contributed by atoms with E-state index in [1.165, 1.54) is 0 Å². The molecule has 1 aliphatic heterocycles. The van der Waals surface area contributed by atoms with Gasteiger partial charge in [-0.25, -0.2) is 4.98 Å². The summed E-state index contributed by atoms with van der Waals surface area (Å²) in [5.41, 5.74) is 5.88. The Labute approximate surface area is 167 Å². The number of nitrogens with two attached hydrogens (primary N) is 1. The summed E-state index contributed by atoms with van der Waals surface area (Å²) in [6.45, 7) is 5.62. The molecule has 0 saturated carbocycles. The molecule has 8 heteroatoms. The summed E-state index contributed by atoms with van der Waals surface area (Å²) in [5.74, 6) is 0.457. The minimum Gasteiger partial charge on any atom is -0.490 e. The van der Waals surface area contributed by atoms with Crippen LogP contribution in [-0.2, 0) is 0 Å². The van der Waals surface area contributed by atoms with E-state index in [-0.39, 0.29) is 24.6 Å². The number of ether oxygens (including phenoxy) is 2. The van der Waals surface area contributed by atoms with Crippen molar-refractivity contribution in [2.24, 2.45) is 5.73 Å². The summed E-state index contributed by atoms with van der Waals surface area (Å²) >= 11 is 3.49. The number of halogens is 2. The number of pyridine rings is 1. The predicted molar refractivity (Wildman–Crippen MR) is 107 cm³/mol. The molecule has 1 aliphatic rings. The van der Waals surface area contributed by atoms with Gasteiger partial charge in [-0.1, -0.05) is 0 Å². The normalized spacial score (nSPS) is 17.0. The van der Waals surface area contributed by atoms with Gasteiger partial charge in [0.25, 0.3) is 5.91 Å². The number of rotatable bonds is 5. The third-order valence-corrected chi connectivity index (χ3v) is 4.69. The SMILES string of the molecule is CC(C)Oc1cc2c(O[C@@H]3CCCNC3)ncc(Br)c2cc1C(N)=O.Cl. The summed E-state index contributed by atoms with van der Waals surface area (Å²) in [7, 11) is 0. The number of hydrogen-bond donors (Lipinski definition) is 2. The molecule has 2 heterocycles. The van der Waals surface area contributed by atoms with Crippen molar-refractivity contribution in [3.05, 3.63) is 28.4 Å². The standard InChI is InChI=1S/C18H22BrN3O3.ClH/c1-10(2)24-16-7-13-12(6-14(16)17(20)23)15(19)9-22-18(13)25-11-4-3-5-21-8-11;/h6-7,9-11,21H,3-5,8H2,1-2H3,(H2,20,23);1H/t11-;/m1./s1. The molecule has 1 atom stereocenters. The van der Waals surface area contributed by atoms with Crippen LogP contribution in [0.3, 0.4) is 0 Å². The molecule has 3 N–H and O–H groups in total. The minimum absolute atomic E-state index is 0. The van der Waals surface area contributed by atoms with Gasteiger partial charge in [-0.05, 0) is 61.3 Å². The van der Waals surface area contributed by atoms with Gasteiger partial charge in [-0.15, -0.1) is 12.4 Å². The van der Waals surface area contributed by atoms with E-state index in [0.717, 1.165) is 41.2 Å². The monoisotopic (exact) mass is 443 g/mol. The van der Waals surface area contributed by atoms with Crippen LogP contribution < -0.4 is 20.5 Å². The molecule has 3 rings (SSSR count). The lowest BCUT2D eigenvalue weighted by Gasteiger charge is -2.24. The Morgan fingerprint density at radius 3 is 2.77 bits per heavy atom. The number of primary amides is 1. The maximum absolute atomic E-state index is 11.8. The maximum atomic E-state index is 11.8. The Morgan fingerprint density at radius 2 is 2.15 bits per heavy atom. The molecular weight excluding hydrogens is 422 g/mol. The molecule has 2 aromatic rings. The topological polar surface area (TPSA) is 86.5 Å². The van der Waals surface area contributed by atoms with Gasteiger partial charge in [0.05, 0.1) is 11.7 Å². The van der Waals surface area contributed by atoms with Crippen LogP contribution in [0.5, 0.6) is 11.6 Å². The van der Waals surface area contributed by atoms with Crippen molar-refractivity contribution in [3.63, 3.8) is 0 Å². The minimum atomic E-state index is -0.528. The zero-order chi connectivity index (χ0) is 18.0. The smallest absolute Gasteiger partial charge is 0.252 e. The van der Waals surface area contributed by atoms with Crippen LogP contribution in [-0.4, -0.2) is 36.2 Å². The molecule has 1 aromatic heterocycles. The molecule has 1 amide bonds. The van der Waals surface area contributed by atoms with Crippen LogP contribution in [0.2, 0.25) is 0 Å². The van der Waals surface area contributed by atoms with E-state index < -0.39 is 5.91 Å². The lowest BCUT2D eigenvalue weighted by atomic mass is 10.1. The first-order valence-corrected chi connectivity index (χ1v) is 9.21. The summed E-state index contributed by atoms with van der Waals surface area (Å²) in [5, 5.41) is 4.94. The molecule has 26 heavy (non-hydrogen) atoms. The van der Waals surface area contributed by atoms with Crippen LogP contribution in [0.25, 0.3) is 10.8 Å². The summed E-state index contributed by atoms with van der Waals surface area (Å²) < 4.78 is 12.7. The molecule has 0 radical (unpaired) electrons. The van der Waals surface area contributed by atoms with Gasteiger partial charge in [0.1, 0.15) is 11.9 Å². The number of piperidine rings is 1. The molecule has 1 fully saturated rings. The number of benzene rings is 1. The molecular formula is C18H23BrClN3O3. The summed E-state index contributed by atoms with van der Waals surface area (Å²) in [6, 6.07) is 3.52. The van der Waals surface area contributed by atoms with Crippen molar-refractivity contribution in [3.8, 4) is 11.6 Å². The number of carbonyl (C=O) groups excluding carboxylic acids is 1. The average molecular weight is 445 g/mol. The van der Waals surface area contributed by atoms with E-state index in [4.69, 9.17) is 15.2 Å². The second-order valence-electron chi connectivity index (χ2n) is 6.42. The third kappa shape index (κ3) is 4.58. The van der Waals surface area contributed by atoms with Crippen LogP contribution in [0.15, 0.2) is 22.8 Å². The van der Waals surface area contributed by atoms with E-state index in [1.807, 2.05) is 13.8 Å². The molecule has 6 nitrogen and oxygen atoms in total. The number of amides is 1. The van der Waals surface area contributed by atoms with Crippen molar-refractivity contribution >= 4 is 45.0 Å². The third-order valence-electron chi connectivity index (χ3n) is 4.06. The van der Waals surface area contributed by atoms with Gasteiger partial charge in [-0.2, -0.15) is 0 Å². The van der Waals surface area contributed by atoms with E-state index in [9.17, 15) is 4.79 Å². The Morgan fingerprint density at radius 1 is 1.38 bits per heavy atom. The first-order chi connectivity index (χ1) is 12.0. The highest BCUT2D eigenvalue weighted by atomic mass is 79.9. The highest BCUT2D eigenvalue weighted by molar-refractivity contribution is 9.10. The number of nitrogens with zero attached hydrogens (tertiary/aromatic N) is 1. The van der Waals surface area contributed by atoms with Crippen molar-refractivity contribution < 1.29 is 14.3 Å². The van der Waals surface area contributed by atoms with E-state index in [1.54, 1.807) is 18.3 Å². The largest absolute Gasteiger partial charge is 0.490 e. The molecule has 1 aromatic carbocycles. The lowest BCUT2D eigenvalue weighted by Crippen LogP contribution is -2.37. The Hall–Kier alpha value is -1.57. The van der Waals surface area contributed by atoms with Gasteiger partial charge < -0.3 is 20.5 Å². The first kappa shape index (κ1) is 20.7. The Balaban J connectivity index is 0.00000243. The molecule has 0 aliphatic carbocycles. The zero-order valence-corrected chi connectivity index (χ0v) is 17.2. The molecule has 142 valence electrons. The highest BCUT2D eigenvalue weighted by Gasteiger charge is 2.20. The highest BCUT2D eigenvalue weighted by Crippen LogP contribution is 2.36. The Kier molecular flexibility index (Phi) is 7.08. The van der Waals surface area contributed by atoms with Gasteiger partial charge in [0.15, 0.2) is 0 Å². The van der Waals surface area contributed by atoms with Crippen LogP contribution in [0.1, 0.15) is 37.0 Å². The quantitative estimate of drug-likeness (QED) is 0.738. The number of carbonyl (C=O) groups is 1. The van der Waals surface area contributed by atoms with E-state index in [2.05, 4.69) is 26.2 Å². The van der Waals surface area contributed by atoms with Gasteiger partial charge in [0.2, 0.25) is 5.88 Å². The fourth-order valence-corrected chi connectivity index (χ4v) is 3.36. The van der Waals surface area contributed by atoms with Gasteiger partial charge >= 0.3 is 0 Å². The molecule has 0 spiro atoms. The second kappa shape index (κ2) is 8.88. The number of aromatic nitrogens is 1. The second-order valence-corrected chi connectivity index (χ2v) is 7.28. The first-order valence-electron chi connectivity index (χ1n) is 8.41. The Bertz CT molecular complexity index is 795. The van der Waals surface area contributed by atoms with Crippen LogP contribution >= 0.6 is 28.3 Å². The number of nitrogens with one attached hydrogen (secondary N) is 1. The van der Waals surface area contributed by atoms with E-state index in [0.29, 0.717) is 17.2 Å². The fraction of sp³-hybridized carbons (Fsp3) is 0.444. The molecule has 0 bridgehead atoms. The van der Waals surface area contributed by atoms with E-state index >= 15 is 0 Å². The average Bonchev–Trinajstić information content (AvgIpc) is 2.57. The molecule has 1 saturated heterocycles. The molecule has 0 unspecified atom stereocenters. The van der Waals surface area contributed by atoms with Gasteiger partial charge in [0, 0.05) is 28.0 Å². The van der Waals surface area contributed by atoms with Crippen molar-refractivity contribution in [1.29, 1.82) is 0 Å². The fourth-order valence-electron chi connectivity index (χ4n) is 2.92. The van der Waals surface area contributed by atoms with Crippen LogP contribution in [0.4, 0.5) is 0 Å².